The average molecular weight is 321 g/mol. The summed E-state index contributed by atoms with van der Waals surface area (Å²) >= 11 is 5.83. The summed E-state index contributed by atoms with van der Waals surface area (Å²) in [5, 5.41) is 9.13. The van der Waals surface area contributed by atoms with Gasteiger partial charge in [-0.25, -0.2) is 4.72 Å². The molecular formula is C12H17ClN2O4S. The Bertz CT molecular complexity index is 562. The Morgan fingerprint density at radius 2 is 2.15 bits per heavy atom. The van der Waals surface area contributed by atoms with Crippen LogP contribution in [-0.4, -0.2) is 43.9 Å². The van der Waals surface area contributed by atoms with Gasteiger partial charge in [0.2, 0.25) is 0 Å². The SMILES string of the molecule is CN(CCC(=O)O)S(=O)(=O)NCCc1cccc(Cl)c1. The fraction of sp³-hybridized carbons (Fsp3) is 0.417. The van der Waals surface area contributed by atoms with Gasteiger partial charge in [-0.2, -0.15) is 12.7 Å². The second-order valence-corrected chi connectivity index (χ2v) is 6.54. The van der Waals surface area contributed by atoms with Crippen LogP contribution in [0.4, 0.5) is 0 Å². The molecule has 0 heterocycles. The van der Waals surface area contributed by atoms with Crippen molar-refractivity contribution in [2.24, 2.45) is 0 Å². The summed E-state index contributed by atoms with van der Waals surface area (Å²) in [6.07, 6.45) is 0.276. The van der Waals surface area contributed by atoms with Crippen molar-refractivity contribution in [1.29, 1.82) is 0 Å². The Labute approximate surface area is 123 Å². The van der Waals surface area contributed by atoms with Crippen molar-refractivity contribution < 1.29 is 18.3 Å². The van der Waals surface area contributed by atoms with Crippen molar-refractivity contribution in [3.63, 3.8) is 0 Å². The van der Waals surface area contributed by atoms with Crippen molar-refractivity contribution in [2.75, 3.05) is 20.1 Å². The van der Waals surface area contributed by atoms with E-state index in [-0.39, 0.29) is 19.5 Å². The molecule has 0 aromatic heterocycles. The van der Waals surface area contributed by atoms with Gasteiger partial charge in [0.25, 0.3) is 10.2 Å². The molecular weight excluding hydrogens is 304 g/mol. The highest BCUT2D eigenvalue weighted by Gasteiger charge is 2.17. The number of rotatable bonds is 8. The zero-order valence-corrected chi connectivity index (χ0v) is 12.6. The molecule has 0 saturated carbocycles. The van der Waals surface area contributed by atoms with Crippen LogP contribution in [0.3, 0.4) is 0 Å². The summed E-state index contributed by atoms with van der Waals surface area (Å²) in [7, 11) is -2.31. The molecule has 0 aliphatic carbocycles. The van der Waals surface area contributed by atoms with Crippen molar-refractivity contribution in [3.8, 4) is 0 Å². The number of hydrogen-bond acceptors (Lipinski definition) is 3. The lowest BCUT2D eigenvalue weighted by atomic mass is 10.2. The number of nitrogens with one attached hydrogen (secondary N) is 1. The van der Waals surface area contributed by atoms with Gasteiger partial charge < -0.3 is 5.11 Å². The highest BCUT2D eigenvalue weighted by atomic mass is 35.5. The Kier molecular flexibility index (Phi) is 6.41. The van der Waals surface area contributed by atoms with Crippen LogP contribution in [0.25, 0.3) is 0 Å². The predicted molar refractivity (Wildman–Crippen MR) is 77.0 cm³/mol. The zero-order valence-electron chi connectivity index (χ0n) is 11.0. The quantitative estimate of drug-likeness (QED) is 0.751. The standard InChI is InChI=1S/C12H17ClN2O4S/c1-15(8-6-12(16)17)20(18,19)14-7-5-10-3-2-4-11(13)9-10/h2-4,9,14H,5-8H2,1H3,(H,16,17). The molecule has 0 aliphatic heterocycles. The summed E-state index contributed by atoms with van der Waals surface area (Å²) in [5.74, 6) is -1.04. The first-order valence-corrected chi connectivity index (χ1v) is 7.80. The Balaban J connectivity index is 2.45. The molecule has 0 unspecified atom stereocenters. The lowest BCUT2D eigenvalue weighted by Gasteiger charge is -2.16. The van der Waals surface area contributed by atoms with Gasteiger partial charge in [0.05, 0.1) is 6.42 Å². The maximum Gasteiger partial charge on any atom is 0.304 e. The molecule has 20 heavy (non-hydrogen) atoms. The first-order valence-electron chi connectivity index (χ1n) is 5.98. The molecule has 112 valence electrons. The van der Waals surface area contributed by atoms with Crippen LogP contribution in [0.5, 0.6) is 0 Å². The second kappa shape index (κ2) is 7.58. The van der Waals surface area contributed by atoms with E-state index in [2.05, 4.69) is 4.72 Å². The molecule has 0 saturated heterocycles. The van der Waals surface area contributed by atoms with E-state index in [0.717, 1.165) is 9.87 Å². The summed E-state index contributed by atoms with van der Waals surface area (Å²) in [5.41, 5.74) is 0.924. The zero-order chi connectivity index (χ0) is 15.2. The van der Waals surface area contributed by atoms with Gasteiger partial charge in [-0.1, -0.05) is 23.7 Å². The van der Waals surface area contributed by atoms with Crippen molar-refractivity contribution in [3.05, 3.63) is 34.9 Å². The van der Waals surface area contributed by atoms with Crippen molar-refractivity contribution in [1.82, 2.24) is 9.03 Å². The van der Waals surface area contributed by atoms with E-state index >= 15 is 0 Å². The van der Waals surface area contributed by atoms with Gasteiger partial charge in [0.1, 0.15) is 0 Å². The fourth-order valence-corrected chi connectivity index (χ4v) is 2.63. The second-order valence-electron chi connectivity index (χ2n) is 4.24. The molecule has 6 nitrogen and oxygen atoms in total. The van der Waals surface area contributed by atoms with Gasteiger partial charge in [-0.3, -0.25) is 4.79 Å². The van der Waals surface area contributed by atoms with Crippen LogP contribution in [0, 0.1) is 0 Å². The van der Waals surface area contributed by atoms with Crippen molar-refractivity contribution in [2.45, 2.75) is 12.8 Å². The molecule has 1 aromatic rings. The monoisotopic (exact) mass is 320 g/mol. The predicted octanol–water partition coefficient (Wildman–Crippen LogP) is 1.12. The summed E-state index contributed by atoms with van der Waals surface area (Å²) in [6.45, 7) is 0.155. The Hall–Kier alpha value is -1.15. The van der Waals surface area contributed by atoms with E-state index in [4.69, 9.17) is 16.7 Å². The third kappa shape index (κ3) is 5.87. The minimum atomic E-state index is -3.65. The number of carboxylic acids is 1. The molecule has 8 heteroatoms. The first kappa shape index (κ1) is 16.9. The van der Waals surface area contributed by atoms with Crippen LogP contribution in [0.2, 0.25) is 5.02 Å². The van der Waals surface area contributed by atoms with E-state index in [1.165, 1.54) is 7.05 Å². The fourth-order valence-electron chi connectivity index (χ4n) is 1.50. The van der Waals surface area contributed by atoms with Crippen LogP contribution in [0.15, 0.2) is 24.3 Å². The molecule has 0 amide bonds. The number of nitrogens with zero attached hydrogens (tertiary/aromatic N) is 1. The Morgan fingerprint density at radius 3 is 2.75 bits per heavy atom. The van der Waals surface area contributed by atoms with Gasteiger partial charge >= 0.3 is 5.97 Å². The molecule has 0 radical (unpaired) electrons. The highest BCUT2D eigenvalue weighted by Crippen LogP contribution is 2.10. The number of carboxylic acid groups (broad SMARTS) is 1. The maximum atomic E-state index is 11.8. The summed E-state index contributed by atoms with van der Waals surface area (Å²) in [4.78, 5) is 10.4. The van der Waals surface area contributed by atoms with E-state index in [0.29, 0.717) is 11.4 Å². The van der Waals surface area contributed by atoms with Crippen LogP contribution >= 0.6 is 11.6 Å². The van der Waals surface area contributed by atoms with Gasteiger partial charge in [0, 0.05) is 25.2 Å². The third-order valence-corrected chi connectivity index (χ3v) is 4.45. The molecule has 1 rings (SSSR count). The molecule has 0 fully saturated rings. The number of carbonyl (C=O) groups is 1. The molecule has 2 N–H and O–H groups in total. The number of benzene rings is 1. The summed E-state index contributed by atoms with van der Waals surface area (Å²) < 4.78 is 27.0. The van der Waals surface area contributed by atoms with Crippen LogP contribution in [0.1, 0.15) is 12.0 Å². The maximum absolute atomic E-state index is 11.8. The largest absolute Gasteiger partial charge is 0.481 e. The normalized spacial score (nSPS) is 11.8. The summed E-state index contributed by atoms with van der Waals surface area (Å²) in [6, 6.07) is 7.17. The molecule has 0 bridgehead atoms. The minimum Gasteiger partial charge on any atom is -0.481 e. The lowest BCUT2D eigenvalue weighted by molar-refractivity contribution is -0.137. The number of halogens is 1. The van der Waals surface area contributed by atoms with Crippen LogP contribution < -0.4 is 4.72 Å². The highest BCUT2D eigenvalue weighted by molar-refractivity contribution is 7.87. The van der Waals surface area contributed by atoms with E-state index < -0.39 is 16.2 Å². The topological polar surface area (TPSA) is 86.7 Å². The van der Waals surface area contributed by atoms with Gasteiger partial charge in [-0.15, -0.1) is 0 Å². The smallest absolute Gasteiger partial charge is 0.304 e. The molecule has 1 aromatic carbocycles. The van der Waals surface area contributed by atoms with Gasteiger partial charge in [0.15, 0.2) is 0 Å². The van der Waals surface area contributed by atoms with E-state index in [9.17, 15) is 13.2 Å². The molecule has 0 aliphatic rings. The third-order valence-electron chi connectivity index (χ3n) is 2.64. The Morgan fingerprint density at radius 1 is 1.45 bits per heavy atom. The van der Waals surface area contributed by atoms with Crippen molar-refractivity contribution >= 4 is 27.8 Å². The average Bonchev–Trinajstić information content (AvgIpc) is 2.35. The molecule has 0 spiro atoms. The lowest BCUT2D eigenvalue weighted by Crippen LogP contribution is -2.40. The first-order chi connectivity index (χ1) is 9.31. The number of hydrogen-bond donors (Lipinski definition) is 2. The minimum absolute atomic E-state index is 0.0676. The van der Waals surface area contributed by atoms with Gasteiger partial charge in [-0.05, 0) is 24.1 Å². The number of aliphatic carboxylic acids is 1. The van der Waals surface area contributed by atoms with E-state index in [1.54, 1.807) is 18.2 Å². The molecule has 0 atom stereocenters. The van der Waals surface area contributed by atoms with E-state index in [1.807, 2.05) is 6.07 Å². The van der Waals surface area contributed by atoms with Crippen LogP contribution in [-0.2, 0) is 21.4 Å².